The quantitative estimate of drug-likeness (QED) is 0.776. The van der Waals surface area contributed by atoms with Crippen LogP contribution in [0.4, 0.5) is 0 Å². The average Bonchev–Trinajstić information content (AvgIpc) is 2.67. The molecule has 1 amide bonds. The highest BCUT2D eigenvalue weighted by Crippen LogP contribution is 2.13. The van der Waals surface area contributed by atoms with Crippen LogP contribution in [-0.4, -0.2) is 33.1 Å². The highest BCUT2D eigenvalue weighted by atomic mass is 16.3. The molecule has 1 aromatic carbocycles. The van der Waals surface area contributed by atoms with E-state index in [1.807, 2.05) is 25.1 Å². The summed E-state index contributed by atoms with van der Waals surface area (Å²) in [6.45, 7) is 5.37. The first-order valence-electron chi connectivity index (χ1n) is 6.32. The van der Waals surface area contributed by atoms with Crippen LogP contribution < -0.4 is 5.32 Å². The fourth-order valence-electron chi connectivity index (χ4n) is 1.88. The first-order chi connectivity index (χ1) is 8.86. The Kier molecular flexibility index (Phi) is 3.57. The maximum Gasteiger partial charge on any atom is 0.251 e. The number of aryl methyl sites for hydroxylation is 1. The van der Waals surface area contributed by atoms with Gasteiger partial charge in [-0.3, -0.25) is 4.79 Å². The van der Waals surface area contributed by atoms with E-state index in [9.17, 15) is 9.90 Å². The van der Waals surface area contributed by atoms with Gasteiger partial charge in [-0.25, -0.2) is 4.98 Å². The fraction of sp³-hybridized carbons (Fsp3) is 0.429. The number of benzene rings is 1. The van der Waals surface area contributed by atoms with Crippen LogP contribution in [0.3, 0.4) is 0 Å². The van der Waals surface area contributed by atoms with E-state index in [-0.39, 0.29) is 5.91 Å². The van der Waals surface area contributed by atoms with Gasteiger partial charge in [0.15, 0.2) is 0 Å². The first-order valence-corrected chi connectivity index (χ1v) is 6.32. The maximum atomic E-state index is 11.5. The molecular formula is C14H19N3O2. The van der Waals surface area contributed by atoms with Gasteiger partial charge in [-0.1, -0.05) is 6.07 Å². The molecule has 0 aliphatic rings. The number of hydrogen-bond acceptors (Lipinski definition) is 3. The molecule has 5 nitrogen and oxygen atoms in total. The van der Waals surface area contributed by atoms with Crippen molar-refractivity contribution in [3.8, 4) is 0 Å². The van der Waals surface area contributed by atoms with Gasteiger partial charge in [0.25, 0.3) is 5.91 Å². The van der Waals surface area contributed by atoms with Crippen LogP contribution >= 0.6 is 0 Å². The molecule has 0 atom stereocenters. The number of fused-ring (bicyclic) bond motifs is 1. The van der Waals surface area contributed by atoms with Gasteiger partial charge in [-0.15, -0.1) is 0 Å². The third-order valence-corrected chi connectivity index (χ3v) is 2.92. The molecule has 2 rings (SSSR count). The van der Waals surface area contributed by atoms with E-state index in [1.165, 1.54) is 13.8 Å². The lowest BCUT2D eigenvalue weighted by atomic mass is 10.1. The number of carbonyl (C=O) groups is 1. The number of aliphatic hydroxyl groups is 1. The number of rotatable bonds is 4. The van der Waals surface area contributed by atoms with Crippen molar-refractivity contribution in [2.45, 2.75) is 32.8 Å². The SMILES string of the molecule is Cc1nc2ccc(CCNC(=O)C(C)(C)O)cc2[nH]1. The van der Waals surface area contributed by atoms with Crippen molar-refractivity contribution in [1.82, 2.24) is 15.3 Å². The van der Waals surface area contributed by atoms with Gasteiger partial charge >= 0.3 is 0 Å². The van der Waals surface area contributed by atoms with Crippen LogP contribution in [0.2, 0.25) is 0 Å². The molecule has 0 saturated carbocycles. The highest BCUT2D eigenvalue weighted by Gasteiger charge is 2.22. The summed E-state index contributed by atoms with van der Waals surface area (Å²) in [4.78, 5) is 19.0. The Morgan fingerprint density at radius 3 is 2.89 bits per heavy atom. The molecule has 1 aromatic heterocycles. The summed E-state index contributed by atoms with van der Waals surface area (Å²) >= 11 is 0. The fourth-order valence-corrected chi connectivity index (χ4v) is 1.88. The van der Waals surface area contributed by atoms with Crippen molar-refractivity contribution < 1.29 is 9.90 Å². The monoisotopic (exact) mass is 261 g/mol. The number of carbonyl (C=O) groups excluding carboxylic acids is 1. The normalized spacial score (nSPS) is 11.8. The molecule has 1 heterocycles. The van der Waals surface area contributed by atoms with E-state index in [2.05, 4.69) is 15.3 Å². The number of nitrogens with one attached hydrogen (secondary N) is 2. The van der Waals surface area contributed by atoms with Gasteiger partial charge in [-0.2, -0.15) is 0 Å². The standard InChI is InChI=1S/C14H19N3O2/c1-9-16-11-5-4-10(8-12(11)17-9)6-7-15-13(18)14(2,3)19/h4-5,8,19H,6-7H2,1-3H3,(H,15,18)(H,16,17). The molecule has 2 aromatic rings. The molecule has 0 bridgehead atoms. The van der Waals surface area contributed by atoms with E-state index in [0.717, 1.165) is 28.8 Å². The van der Waals surface area contributed by atoms with Gasteiger partial charge in [-0.05, 0) is 44.9 Å². The molecule has 102 valence electrons. The second-order valence-corrected chi connectivity index (χ2v) is 5.24. The minimum Gasteiger partial charge on any atom is -0.381 e. The van der Waals surface area contributed by atoms with Crippen LogP contribution in [0.1, 0.15) is 25.2 Å². The number of aromatic amines is 1. The summed E-state index contributed by atoms with van der Waals surface area (Å²) in [7, 11) is 0. The zero-order valence-corrected chi connectivity index (χ0v) is 11.4. The summed E-state index contributed by atoms with van der Waals surface area (Å²) in [6, 6.07) is 6.00. The third-order valence-electron chi connectivity index (χ3n) is 2.92. The molecule has 19 heavy (non-hydrogen) atoms. The van der Waals surface area contributed by atoms with Crippen LogP contribution in [0, 0.1) is 6.92 Å². The maximum absolute atomic E-state index is 11.5. The number of amides is 1. The van der Waals surface area contributed by atoms with Crippen molar-refractivity contribution in [2.75, 3.05) is 6.54 Å². The molecular weight excluding hydrogens is 242 g/mol. The average molecular weight is 261 g/mol. The molecule has 0 unspecified atom stereocenters. The van der Waals surface area contributed by atoms with Crippen LogP contribution in [0.5, 0.6) is 0 Å². The number of aromatic nitrogens is 2. The predicted molar refractivity (Wildman–Crippen MR) is 73.8 cm³/mol. The van der Waals surface area contributed by atoms with Crippen molar-refractivity contribution in [3.05, 3.63) is 29.6 Å². The number of nitrogens with zero attached hydrogens (tertiary/aromatic N) is 1. The van der Waals surface area contributed by atoms with Crippen molar-refractivity contribution in [2.24, 2.45) is 0 Å². The molecule has 3 N–H and O–H groups in total. The summed E-state index contributed by atoms with van der Waals surface area (Å²) in [6.07, 6.45) is 0.718. The number of hydrogen-bond donors (Lipinski definition) is 3. The zero-order chi connectivity index (χ0) is 14.0. The van der Waals surface area contributed by atoms with Crippen molar-refractivity contribution in [3.63, 3.8) is 0 Å². The molecule has 0 aliphatic heterocycles. The van der Waals surface area contributed by atoms with E-state index in [0.29, 0.717) is 6.54 Å². The Labute approximate surface area is 112 Å². The van der Waals surface area contributed by atoms with E-state index < -0.39 is 5.60 Å². The summed E-state index contributed by atoms with van der Waals surface area (Å²) < 4.78 is 0. The summed E-state index contributed by atoms with van der Waals surface area (Å²) in [5, 5.41) is 12.2. The van der Waals surface area contributed by atoms with Crippen molar-refractivity contribution >= 4 is 16.9 Å². The minimum atomic E-state index is -1.33. The Hall–Kier alpha value is -1.88. The van der Waals surface area contributed by atoms with Gasteiger partial charge in [0.05, 0.1) is 11.0 Å². The number of imidazole rings is 1. The Balaban J connectivity index is 1.96. The summed E-state index contributed by atoms with van der Waals surface area (Å²) in [5.41, 5.74) is 1.74. The van der Waals surface area contributed by atoms with Gasteiger partial charge < -0.3 is 15.4 Å². The van der Waals surface area contributed by atoms with Gasteiger partial charge in [0.1, 0.15) is 11.4 Å². The second kappa shape index (κ2) is 5.01. The molecule has 0 aliphatic carbocycles. The molecule has 0 saturated heterocycles. The van der Waals surface area contributed by atoms with Gasteiger partial charge in [0, 0.05) is 6.54 Å². The van der Waals surface area contributed by atoms with Crippen LogP contribution in [0.15, 0.2) is 18.2 Å². The largest absolute Gasteiger partial charge is 0.381 e. The predicted octanol–water partition coefficient (Wildman–Crippen LogP) is 1.30. The van der Waals surface area contributed by atoms with Crippen molar-refractivity contribution in [1.29, 1.82) is 0 Å². The Bertz CT molecular complexity index is 596. The lowest BCUT2D eigenvalue weighted by Crippen LogP contribution is -2.42. The number of H-pyrrole nitrogens is 1. The Morgan fingerprint density at radius 1 is 1.47 bits per heavy atom. The smallest absolute Gasteiger partial charge is 0.251 e. The highest BCUT2D eigenvalue weighted by molar-refractivity contribution is 5.83. The Morgan fingerprint density at radius 2 is 2.21 bits per heavy atom. The first kappa shape index (κ1) is 13.5. The topological polar surface area (TPSA) is 78.0 Å². The molecule has 0 fully saturated rings. The van der Waals surface area contributed by atoms with Crippen LogP contribution in [-0.2, 0) is 11.2 Å². The summed E-state index contributed by atoms with van der Waals surface area (Å²) in [5.74, 6) is 0.536. The van der Waals surface area contributed by atoms with Crippen LogP contribution in [0.25, 0.3) is 11.0 Å². The molecule has 0 radical (unpaired) electrons. The third kappa shape index (κ3) is 3.32. The van der Waals surface area contributed by atoms with E-state index in [1.54, 1.807) is 0 Å². The molecule has 0 spiro atoms. The second-order valence-electron chi connectivity index (χ2n) is 5.24. The minimum absolute atomic E-state index is 0.356. The lowest BCUT2D eigenvalue weighted by molar-refractivity contribution is -0.136. The van der Waals surface area contributed by atoms with Gasteiger partial charge in [0.2, 0.25) is 0 Å². The van der Waals surface area contributed by atoms with E-state index in [4.69, 9.17) is 0 Å². The van der Waals surface area contributed by atoms with E-state index >= 15 is 0 Å². The molecule has 5 heteroatoms. The zero-order valence-electron chi connectivity index (χ0n) is 11.4. The lowest BCUT2D eigenvalue weighted by Gasteiger charge is -2.16.